The summed E-state index contributed by atoms with van der Waals surface area (Å²) >= 11 is 0. The molecule has 0 saturated heterocycles. The van der Waals surface area contributed by atoms with Crippen LogP contribution in [0.3, 0.4) is 0 Å². The summed E-state index contributed by atoms with van der Waals surface area (Å²) in [6.07, 6.45) is 2.59. The van der Waals surface area contributed by atoms with E-state index in [-0.39, 0.29) is 17.4 Å². The minimum Gasteiger partial charge on any atom is -0.504 e. The molecular formula is C14H19N3O3. The SMILES string of the molecule is O=C(NCCc1ccc(O)c(O)c1)C1=NCCCCN1. The van der Waals surface area contributed by atoms with Gasteiger partial charge in [-0.2, -0.15) is 0 Å². The number of hydrogen-bond acceptors (Lipinski definition) is 5. The van der Waals surface area contributed by atoms with Crippen molar-refractivity contribution in [3.63, 3.8) is 0 Å². The molecule has 0 atom stereocenters. The molecule has 0 aromatic heterocycles. The molecule has 0 radical (unpaired) electrons. The lowest BCUT2D eigenvalue weighted by Crippen LogP contribution is -2.40. The summed E-state index contributed by atoms with van der Waals surface area (Å²) in [4.78, 5) is 16.1. The summed E-state index contributed by atoms with van der Waals surface area (Å²) in [6, 6.07) is 4.63. The van der Waals surface area contributed by atoms with Gasteiger partial charge in [0.15, 0.2) is 17.3 Å². The largest absolute Gasteiger partial charge is 0.504 e. The summed E-state index contributed by atoms with van der Waals surface area (Å²) in [5.41, 5.74) is 0.844. The number of phenols is 2. The molecule has 6 nitrogen and oxygen atoms in total. The number of nitrogens with zero attached hydrogens (tertiary/aromatic N) is 1. The van der Waals surface area contributed by atoms with Gasteiger partial charge in [-0.3, -0.25) is 9.79 Å². The van der Waals surface area contributed by atoms with Gasteiger partial charge in [-0.15, -0.1) is 0 Å². The Morgan fingerprint density at radius 3 is 2.95 bits per heavy atom. The molecule has 0 saturated carbocycles. The van der Waals surface area contributed by atoms with Gasteiger partial charge >= 0.3 is 0 Å². The molecule has 1 aromatic rings. The van der Waals surface area contributed by atoms with Crippen LogP contribution >= 0.6 is 0 Å². The molecule has 1 aliphatic heterocycles. The van der Waals surface area contributed by atoms with Crippen molar-refractivity contribution in [2.45, 2.75) is 19.3 Å². The lowest BCUT2D eigenvalue weighted by molar-refractivity contribution is -0.115. The molecule has 1 aliphatic rings. The van der Waals surface area contributed by atoms with Crippen molar-refractivity contribution in [2.75, 3.05) is 19.6 Å². The van der Waals surface area contributed by atoms with E-state index in [1.165, 1.54) is 12.1 Å². The molecule has 1 amide bonds. The molecule has 108 valence electrons. The predicted octanol–water partition coefficient (Wildman–Crippen LogP) is 0.538. The molecule has 1 aromatic carbocycles. The van der Waals surface area contributed by atoms with Gasteiger partial charge < -0.3 is 20.8 Å². The lowest BCUT2D eigenvalue weighted by Gasteiger charge is -2.08. The second-order valence-electron chi connectivity index (χ2n) is 4.69. The van der Waals surface area contributed by atoms with Gasteiger partial charge in [0.1, 0.15) is 0 Å². The number of aliphatic imine (C=N–C) groups is 1. The van der Waals surface area contributed by atoms with Crippen LogP contribution in [0, 0.1) is 0 Å². The van der Waals surface area contributed by atoms with Crippen LogP contribution in [0.1, 0.15) is 18.4 Å². The number of aromatic hydroxyl groups is 2. The van der Waals surface area contributed by atoms with Crippen LogP contribution in [0.5, 0.6) is 11.5 Å². The van der Waals surface area contributed by atoms with E-state index in [0.717, 1.165) is 24.9 Å². The Labute approximate surface area is 117 Å². The highest BCUT2D eigenvalue weighted by Gasteiger charge is 2.12. The fourth-order valence-corrected chi connectivity index (χ4v) is 1.97. The van der Waals surface area contributed by atoms with E-state index in [1.54, 1.807) is 6.07 Å². The Morgan fingerprint density at radius 2 is 2.15 bits per heavy atom. The monoisotopic (exact) mass is 277 g/mol. The predicted molar refractivity (Wildman–Crippen MR) is 76.0 cm³/mol. The Hall–Kier alpha value is -2.24. The first-order chi connectivity index (χ1) is 9.66. The summed E-state index contributed by atoms with van der Waals surface area (Å²) in [7, 11) is 0. The van der Waals surface area contributed by atoms with E-state index in [1.807, 2.05) is 0 Å². The van der Waals surface area contributed by atoms with Crippen LogP contribution in [0.4, 0.5) is 0 Å². The topological polar surface area (TPSA) is 94.0 Å². The van der Waals surface area contributed by atoms with Crippen molar-refractivity contribution >= 4 is 11.7 Å². The van der Waals surface area contributed by atoms with Crippen molar-refractivity contribution in [1.29, 1.82) is 0 Å². The van der Waals surface area contributed by atoms with Crippen LogP contribution in [-0.4, -0.2) is 41.6 Å². The highest BCUT2D eigenvalue weighted by molar-refractivity contribution is 6.37. The Kier molecular flexibility index (Phi) is 4.81. The third kappa shape index (κ3) is 3.88. The molecule has 2 rings (SSSR count). The Morgan fingerprint density at radius 1 is 1.30 bits per heavy atom. The Bertz CT molecular complexity index is 514. The molecule has 0 unspecified atom stereocenters. The van der Waals surface area contributed by atoms with Gasteiger partial charge in [0.25, 0.3) is 5.91 Å². The van der Waals surface area contributed by atoms with Gasteiger partial charge in [-0.25, -0.2) is 0 Å². The molecule has 0 spiro atoms. The number of nitrogens with one attached hydrogen (secondary N) is 2. The third-order valence-corrected chi connectivity index (χ3v) is 3.10. The first-order valence-electron chi connectivity index (χ1n) is 6.74. The highest BCUT2D eigenvalue weighted by Crippen LogP contribution is 2.24. The first kappa shape index (κ1) is 14.2. The van der Waals surface area contributed by atoms with E-state index in [0.29, 0.717) is 25.3 Å². The summed E-state index contributed by atoms with van der Waals surface area (Å²) in [6.45, 7) is 1.91. The fraction of sp³-hybridized carbons (Fsp3) is 0.429. The van der Waals surface area contributed by atoms with Gasteiger partial charge in [0.2, 0.25) is 0 Å². The molecular weight excluding hydrogens is 258 g/mol. The maximum absolute atomic E-state index is 11.9. The fourth-order valence-electron chi connectivity index (χ4n) is 1.97. The van der Waals surface area contributed by atoms with E-state index in [2.05, 4.69) is 15.6 Å². The normalized spacial score (nSPS) is 14.9. The number of amides is 1. The Balaban J connectivity index is 1.81. The van der Waals surface area contributed by atoms with E-state index < -0.39 is 0 Å². The molecule has 1 heterocycles. The van der Waals surface area contributed by atoms with E-state index in [4.69, 9.17) is 0 Å². The van der Waals surface area contributed by atoms with Crippen molar-refractivity contribution in [3.05, 3.63) is 23.8 Å². The highest BCUT2D eigenvalue weighted by atomic mass is 16.3. The van der Waals surface area contributed by atoms with Crippen molar-refractivity contribution in [1.82, 2.24) is 10.6 Å². The van der Waals surface area contributed by atoms with Crippen LogP contribution in [0.25, 0.3) is 0 Å². The number of benzene rings is 1. The van der Waals surface area contributed by atoms with Crippen molar-refractivity contribution < 1.29 is 15.0 Å². The zero-order valence-corrected chi connectivity index (χ0v) is 11.2. The van der Waals surface area contributed by atoms with Crippen LogP contribution in [0.2, 0.25) is 0 Å². The lowest BCUT2D eigenvalue weighted by atomic mass is 10.1. The quantitative estimate of drug-likeness (QED) is 0.604. The number of phenolic OH excluding ortho intramolecular Hbond substituents is 2. The average Bonchev–Trinajstić information content (AvgIpc) is 2.71. The second kappa shape index (κ2) is 6.79. The molecule has 0 aliphatic carbocycles. The van der Waals surface area contributed by atoms with Crippen LogP contribution in [0.15, 0.2) is 23.2 Å². The maximum Gasteiger partial charge on any atom is 0.286 e. The average molecular weight is 277 g/mol. The molecule has 20 heavy (non-hydrogen) atoms. The standard InChI is InChI=1S/C14H19N3O3/c18-11-4-3-10(9-12(11)19)5-8-17-14(20)13-15-6-1-2-7-16-13/h3-4,9,18-19H,1-2,5-8H2,(H,15,16)(H,17,20). The first-order valence-corrected chi connectivity index (χ1v) is 6.74. The number of carbonyl (C=O) groups excluding carboxylic acids is 1. The maximum atomic E-state index is 11.9. The third-order valence-electron chi connectivity index (χ3n) is 3.10. The zero-order chi connectivity index (χ0) is 14.4. The minimum atomic E-state index is -0.199. The van der Waals surface area contributed by atoms with Crippen molar-refractivity contribution in [3.8, 4) is 11.5 Å². The summed E-state index contributed by atoms with van der Waals surface area (Å²) in [5.74, 6) is -0.0932. The number of hydrogen-bond donors (Lipinski definition) is 4. The molecule has 4 N–H and O–H groups in total. The van der Waals surface area contributed by atoms with Crippen LogP contribution < -0.4 is 10.6 Å². The second-order valence-corrected chi connectivity index (χ2v) is 4.69. The number of amidine groups is 1. The number of carbonyl (C=O) groups is 1. The molecule has 6 heteroatoms. The zero-order valence-electron chi connectivity index (χ0n) is 11.2. The van der Waals surface area contributed by atoms with Gasteiger partial charge in [0.05, 0.1) is 0 Å². The number of rotatable bonds is 4. The molecule has 0 fully saturated rings. The van der Waals surface area contributed by atoms with Gasteiger partial charge in [0, 0.05) is 19.6 Å². The van der Waals surface area contributed by atoms with Crippen LogP contribution in [-0.2, 0) is 11.2 Å². The summed E-state index contributed by atoms with van der Waals surface area (Å²) < 4.78 is 0. The molecule has 0 bridgehead atoms. The van der Waals surface area contributed by atoms with E-state index >= 15 is 0 Å². The van der Waals surface area contributed by atoms with Gasteiger partial charge in [-0.1, -0.05) is 6.07 Å². The van der Waals surface area contributed by atoms with E-state index in [9.17, 15) is 15.0 Å². The smallest absolute Gasteiger partial charge is 0.286 e. The van der Waals surface area contributed by atoms with Crippen molar-refractivity contribution in [2.24, 2.45) is 4.99 Å². The summed E-state index contributed by atoms with van der Waals surface area (Å²) in [5, 5.41) is 24.4. The van der Waals surface area contributed by atoms with Gasteiger partial charge in [-0.05, 0) is 37.0 Å². The minimum absolute atomic E-state index is 0.144.